The standard InChI is InChI=1S/C20H26N4O2S2.C2H6O2.2C2H6.2CH3Br/c1-17-3-9-23(10-4-17)15-19(25)21-7-13-27-28-14-8-22-20(26)16-24-11-5-18(2)6-12-24;1-3-4-2;4*1-2/h3-6,9-12H,7-8,13-16H2,1-2H3;1-2H3;2*1-2H3;2*1H3/p+2. The van der Waals surface area contributed by atoms with E-state index >= 15 is 0 Å². The first-order valence-corrected chi connectivity index (χ1v) is 18.6. The Morgan fingerprint density at radius 2 is 0.950 bits per heavy atom. The van der Waals surface area contributed by atoms with Gasteiger partial charge in [-0.25, -0.2) is 9.78 Å². The summed E-state index contributed by atoms with van der Waals surface area (Å²) in [7, 11) is 6.32. The molecule has 0 saturated heterocycles. The summed E-state index contributed by atoms with van der Waals surface area (Å²) in [6.45, 7) is 14.0. The largest absolute Gasteiger partial charge is 0.350 e. The molecular weight excluding hydrogens is 680 g/mol. The van der Waals surface area contributed by atoms with Gasteiger partial charge in [0.2, 0.25) is 13.1 Å². The minimum atomic E-state index is 0.0142. The number of nitrogens with one attached hydrogen (secondary N) is 2. The molecule has 0 radical (unpaired) electrons. The van der Waals surface area contributed by atoms with Crippen molar-refractivity contribution >= 4 is 65.3 Å². The third kappa shape index (κ3) is 31.3. The van der Waals surface area contributed by atoms with Crippen LogP contribution in [0, 0.1) is 13.8 Å². The molecule has 0 aliphatic rings. The number of pyridine rings is 2. The van der Waals surface area contributed by atoms with Crippen LogP contribution in [0.5, 0.6) is 0 Å². The normalized spacial score (nSPS) is 8.70. The molecule has 0 spiro atoms. The minimum Gasteiger partial charge on any atom is -0.350 e. The van der Waals surface area contributed by atoms with Crippen molar-refractivity contribution in [3.63, 3.8) is 0 Å². The van der Waals surface area contributed by atoms with Gasteiger partial charge in [-0.15, -0.1) is 0 Å². The van der Waals surface area contributed by atoms with E-state index in [-0.39, 0.29) is 11.8 Å². The lowest BCUT2D eigenvalue weighted by atomic mass is 10.3. The first kappa shape index (κ1) is 45.8. The maximum absolute atomic E-state index is 11.9. The lowest BCUT2D eigenvalue weighted by Crippen LogP contribution is -2.43. The molecule has 232 valence electrons. The van der Waals surface area contributed by atoms with Gasteiger partial charge in [0, 0.05) is 48.9 Å². The van der Waals surface area contributed by atoms with Crippen molar-refractivity contribution in [2.24, 2.45) is 0 Å². The van der Waals surface area contributed by atoms with Gasteiger partial charge in [0.05, 0.1) is 14.2 Å². The Bertz CT molecular complexity index is 736. The van der Waals surface area contributed by atoms with E-state index in [1.54, 1.807) is 21.6 Å². The Labute approximate surface area is 268 Å². The Kier molecular flexibility index (Phi) is 43.3. The summed E-state index contributed by atoms with van der Waals surface area (Å²) in [4.78, 5) is 31.8. The molecule has 0 unspecified atom stereocenters. The van der Waals surface area contributed by atoms with Crippen molar-refractivity contribution < 1.29 is 28.5 Å². The number of aryl methyl sites for hydroxylation is 2. The van der Waals surface area contributed by atoms with Gasteiger partial charge in [0.15, 0.2) is 24.8 Å². The second kappa shape index (κ2) is 37.8. The predicted octanol–water partition coefficient (Wildman–Crippen LogP) is 5.46. The Morgan fingerprint density at radius 1 is 0.675 bits per heavy atom. The smallest absolute Gasteiger partial charge is 0.286 e. The number of nitrogens with zero attached hydrogens (tertiary/aromatic N) is 2. The fraction of sp³-hybridized carbons (Fsp3) is 0.571. The summed E-state index contributed by atoms with van der Waals surface area (Å²) in [5, 5.41) is 5.84. The molecule has 2 rings (SSSR count). The maximum Gasteiger partial charge on any atom is 0.286 e. The summed E-state index contributed by atoms with van der Waals surface area (Å²) >= 11 is 5.88. The van der Waals surface area contributed by atoms with Gasteiger partial charge in [-0.05, 0) is 36.6 Å². The van der Waals surface area contributed by atoms with Gasteiger partial charge < -0.3 is 10.6 Å². The molecular formula is C28H52Br2N4O4S2+2. The number of hydrogen-bond donors (Lipinski definition) is 2. The molecule has 40 heavy (non-hydrogen) atoms. The summed E-state index contributed by atoms with van der Waals surface area (Å²) < 4.78 is 3.73. The van der Waals surface area contributed by atoms with Gasteiger partial charge in [-0.2, -0.15) is 9.13 Å². The van der Waals surface area contributed by atoms with Crippen LogP contribution in [-0.2, 0) is 32.5 Å². The van der Waals surface area contributed by atoms with E-state index in [0.29, 0.717) is 26.2 Å². The Balaban J connectivity index is -0.000000469. The molecule has 12 heteroatoms. The molecule has 0 aliphatic carbocycles. The number of carbonyl (C=O) groups is 2. The molecule has 2 aromatic rings. The Hall–Kier alpha value is -1.18. The van der Waals surface area contributed by atoms with Crippen LogP contribution in [-0.4, -0.2) is 62.3 Å². The zero-order valence-electron chi connectivity index (χ0n) is 26.0. The van der Waals surface area contributed by atoms with E-state index in [1.807, 2.05) is 111 Å². The highest BCUT2D eigenvalue weighted by molar-refractivity contribution is 9.09. The van der Waals surface area contributed by atoms with E-state index in [2.05, 4.69) is 52.3 Å². The number of amides is 2. The van der Waals surface area contributed by atoms with Crippen molar-refractivity contribution in [3.05, 3.63) is 60.2 Å². The first-order chi connectivity index (χ1) is 19.4. The molecule has 2 amide bonds. The lowest BCUT2D eigenvalue weighted by Gasteiger charge is -2.04. The van der Waals surface area contributed by atoms with Crippen molar-refractivity contribution in [2.75, 3.05) is 50.5 Å². The molecule has 0 aromatic carbocycles. The summed E-state index contributed by atoms with van der Waals surface area (Å²) in [5.41, 5.74) is 2.35. The number of hydrogen-bond acceptors (Lipinski definition) is 6. The number of alkyl halides is 2. The summed E-state index contributed by atoms with van der Waals surface area (Å²) in [6.07, 6.45) is 7.63. The van der Waals surface area contributed by atoms with E-state index in [0.717, 1.165) is 11.5 Å². The minimum absolute atomic E-state index is 0.0142. The fourth-order valence-corrected chi connectivity index (χ4v) is 4.11. The number of aromatic nitrogens is 2. The zero-order valence-corrected chi connectivity index (χ0v) is 30.8. The zero-order chi connectivity index (χ0) is 31.6. The van der Waals surface area contributed by atoms with Gasteiger partial charge in [0.1, 0.15) is 0 Å². The molecule has 8 nitrogen and oxygen atoms in total. The quantitative estimate of drug-likeness (QED) is 0.0754. The number of carbonyl (C=O) groups excluding carboxylic acids is 2. The highest BCUT2D eigenvalue weighted by atomic mass is 79.9. The molecule has 2 heterocycles. The van der Waals surface area contributed by atoms with Gasteiger partial charge in [-0.1, -0.05) is 81.1 Å². The number of rotatable bonds is 12. The van der Waals surface area contributed by atoms with Gasteiger partial charge in [0.25, 0.3) is 11.8 Å². The Morgan fingerprint density at radius 3 is 1.20 bits per heavy atom. The van der Waals surface area contributed by atoms with Crippen LogP contribution >= 0.6 is 53.4 Å². The van der Waals surface area contributed by atoms with Crippen LogP contribution in [0.15, 0.2) is 49.1 Å². The lowest BCUT2D eigenvalue weighted by molar-refractivity contribution is -0.684. The van der Waals surface area contributed by atoms with Crippen LogP contribution < -0.4 is 19.8 Å². The fourth-order valence-electron chi connectivity index (χ4n) is 2.30. The molecule has 2 N–H and O–H groups in total. The summed E-state index contributed by atoms with van der Waals surface area (Å²) in [6, 6.07) is 7.94. The first-order valence-electron chi connectivity index (χ1n) is 13.0. The van der Waals surface area contributed by atoms with Gasteiger partial charge in [-0.3, -0.25) is 9.59 Å². The van der Waals surface area contributed by atoms with Crippen molar-refractivity contribution in [1.29, 1.82) is 0 Å². The van der Waals surface area contributed by atoms with Crippen LogP contribution in [0.1, 0.15) is 38.8 Å². The van der Waals surface area contributed by atoms with E-state index < -0.39 is 0 Å². The molecule has 0 bridgehead atoms. The van der Waals surface area contributed by atoms with E-state index in [1.165, 1.54) is 25.3 Å². The van der Waals surface area contributed by atoms with Crippen molar-refractivity contribution in [1.82, 2.24) is 10.6 Å². The van der Waals surface area contributed by atoms with Crippen LogP contribution in [0.4, 0.5) is 0 Å². The van der Waals surface area contributed by atoms with Crippen molar-refractivity contribution in [3.8, 4) is 0 Å². The highest BCUT2D eigenvalue weighted by Gasteiger charge is 2.09. The van der Waals surface area contributed by atoms with Crippen LogP contribution in [0.25, 0.3) is 0 Å². The second-order valence-electron chi connectivity index (χ2n) is 6.77. The monoisotopic (exact) mass is 730 g/mol. The second-order valence-corrected chi connectivity index (χ2v) is 9.47. The molecule has 2 aromatic heterocycles. The van der Waals surface area contributed by atoms with Crippen LogP contribution in [0.3, 0.4) is 0 Å². The van der Waals surface area contributed by atoms with Crippen molar-refractivity contribution in [2.45, 2.75) is 54.6 Å². The van der Waals surface area contributed by atoms with E-state index in [9.17, 15) is 9.59 Å². The topological polar surface area (TPSA) is 84.4 Å². The SMILES string of the molecule is CBr.CBr.CC.CC.COOC.Cc1cc[n+](CC(=O)NCCSSCCNC(=O)C[n+]2ccc(C)cc2)cc1. The van der Waals surface area contributed by atoms with E-state index in [4.69, 9.17) is 0 Å². The number of halogens is 2. The van der Waals surface area contributed by atoms with Crippen LogP contribution in [0.2, 0.25) is 0 Å². The molecule has 0 atom stereocenters. The maximum atomic E-state index is 11.9. The average Bonchev–Trinajstić information content (AvgIpc) is 3.01. The highest BCUT2D eigenvalue weighted by Crippen LogP contribution is 2.19. The average molecular weight is 733 g/mol. The third-order valence-corrected chi connectivity index (χ3v) is 6.44. The molecule has 0 aliphatic heterocycles. The van der Waals surface area contributed by atoms with Gasteiger partial charge >= 0.3 is 0 Å². The third-order valence-electron chi connectivity index (χ3n) is 4.03. The predicted molar refractivity (Wildman–Crippen MR) is 180 cm³/mol. The molecule has 0 saturated carbocycles. The molecule has 0 fully saturated rings. The summed E-state index contributed by atoms with van der Waals surface area (Å²) in [5.74, 6) is 5.32.